The van der Waals surface area contributed by atoms with E-state index in [0.29, 0.717) is 29.7 Å². The van der Waals surface area contributed by atoms with E-state index in [4.69, 9.17) is 11.6 Å². The van der Waals surface area contributed by atoms with E-state index in [1.54, 1.807) is 50.2 Å². The second-order valence-electron chi connectivity index (χ2n) is 15.0. The van der Waals surface area contributed by atoms with E-state index < -0.39 is 44.8 Å². The molecule has 0 spiro atoms. The average Bonchev–Trinajstić information content (AvgIpc) is 3.45. The highest BCUT2D eigenvalue weighted by Crippen LogP contribution is 2.33. The SMILES string of the molecule is CC(C)S(=O)(=O)c1ccccc1Nc1nc(N[C@@H]2CCCN(CCCCCCCNC(=O)CNc3cccc4c3C(=O)N(C3CCC(=O)NC3=O)C4=O)C2)ncc1Cl. The topological polar surface area (TPSA) is 212 Å². The molecule has 0 aliphatic carbocycles. The lowest BCUT2D eigenvalue weighted by Gasteiger charge is -2.33. The zero-order chi connectivity index (χ0) is 41.4. The summed E-state index contributed by atoms with van der Waals surface area (Å²) in [6.07, 6.45) is 8.56. The zero-order valence-corrected chi connectivity index (χ0v) is 34.3. The molecule has 2 fully saturated rings. The first-order valence-electron chi connectivity index (χ1n) is 19.8. The molecule has 310 valence electrons. The van der Waals surface area contributed by atoms with Gasteiger partial charge in [0.1, 0.15) is 11.1 Å². The third kappa shape index (κ3) is 10.1. The third-order valence-electron chi connectivity index (χ3n) is 10.5. The number of unbranched alkanes of at least 4 members (excludes halogenated alkanes) is 4. The average molecular weight is 836 g/mol. The molecular formula is C40H50ClN9O7S. The number of rotatable bonds is 18. The van der Waals surface area contributed by atoms with Crippen molar-refractivity contribution >= 4 is 74.1 Å². The number of para-hydroxylation sites is 1. The molecule has 16 nitrogen and oxygen atoms in total. The summed E-state index contributed by atoms with van der Waals surface area (Å²) in [6.45, 7) is 6.54. The number of fused-ring (bicyclic) bond motifs is 1. The van der Waals surface area contributed by atoms with Crippen LogP contribution in [0.15, 0.2) is 53.6 Å². The van der Waals surface area contributed by atoms with E-state index in [9.17, 15) is 32.4 Å². The second-order valence-corrected chi connectivity index (χ2v) is 17.9. The number of carbonyl (C=O) groups is 5. The maximum atomic E-state index is 13.3. The van der Waals surface area contributed by atoms with E-state index in [-0.39, 0.29) is 52.4 Å². The number of sulfone groups is 1. The molecule has 6 rings (SSSR count). The molecule has 58 heavy (non-hydrogen) atoms. The Morgan fingerprint density at radius 3 is 2.52 bits per heavy atom. The quantitative estimate of drug-likeness (QED) is 0.0883. The Kier molecular flexibility index (Phi) is 14.0. The Morgan fingerprint density at radius 1 is 0.966 bits per heavy atom. The van der Waals surface area contributed by atoms with E-state index in [2.05, 4.69) is 41.5 Å². The summed E-state index contributed by atoms with van der Waals surface area (Å²) >= 11 is 6.42. The number of halogens is 1. The van der Waals surface area contributed by atoms with Gasteiger partial charge in [0, 0.05) is 31.2 Å². The van der Waals surface area contributed by atoms with Gasteiger partial charge in [-0.1, -0.05) is 49.1 Å². The van der Waals surface area contributed by atoms with Gasteiger partial charge in [0.15, 0.2) is 15.7 Å². The fraction of sp³-hybridized carbons (Fsp3) is 0.475. The van der Waals surface area contributed by atoms with Crippen molar-refractivity contribution in [2.75, 3.05) is 48.7 Å². The van der Waals surface area contributed by atoms with Crippen LogP contribution in [-0.4, -0.2) is 108 Å². The molecular weight excluding hydrogens is 786 g/mol. The number of amides is 5. The maximum absolute atomic E-state index is 13.3. The number of piperidine rings is 2. The summed E-state index contributed by atoms with van der Waals surface area (Å²) in [5.41, 5.74) is 0.992. The molecule has 2 atom stereocenters. The number of imide groups is 2. The first-order chi connectivity index (χ1) is 27.8. The van der Waals surface area contributed by atoms with Gasteiger partial charge in [-0.25, -0.2) is 13.4 Å². The fourth-order valence-corrected chi connectivity index (χ4v) is 8.74. The first kappa shape index (κ1) is 42.5. The zero-order valence-electron chi connectivity index (χ0n) is 32.7. The molecule has 0 bridgehead atoms. The number of hydrogen-bond donors (Lipinski definition) is 5. The molecule has 3 aromatic rings. The smallest absolute Gasteiger partial charge is 0.264 e. The van der Waals surface area contributed by atoms with Gasteiger partial charge < -0.3 is 26.2 Å². The van der Waals surface area contributed by atoms with Crippen LogP contribution in [0.1, 0.15) is 92.4 Å². The Bertz CT molecular complexity index is 2150. The van der Waals surface area contributed by atoms with Gasteiger partial charge in [0.05, 0.1) is 39.7 Å². The Balaban J connectivity index is 0.872. The predicted molar refractivity (Wildman–Crippen MR) is 220 cm³/mol. The third-order valence-corrected chi connectivity index (χ3v) is 13.0. The number of carbonyl (C=O) groups excluding carboxylic acids is 5. The van der Waals surface area contributed by atoms with Crippen LogP contribution in [0.25, 0.3) is 0 Å². The van der Waals surface area contributed by atoms with Crippen molar-refractivity contribution in [2.24, 2.45) is 0 Å². The van der Waals surface area contributed by atoms with Crippen molar-refractivity contribution in [3.8, 4) is 0 Å². The van der Waals surface area contributed by atoms with E-state index >= 15 is 0 Å². The van der Waals surface area contributed by atoms with Crippen LogP contribution < -0.4 is 26.6 Å². The number of benzene rings is 2. The molecule has 2 saturated heterocycles. The lowest BCUT2D eigenvalue weighted by Crippen LogP contribution is -2.54. The van der Waals surface area contributed by atoms with Crippen molar-refractivity contribution in [3.05, 3.63) is 64.8 Å². The summed E-state index contributed by atoms with van der Waals surface area (Å²) in [4.78, 5) is 75.4. The fourth-order valence-electron chi connectivity index (χ4n) is 7.40. The van der Waals surface area contributed by atoms with E-state index in [1.165, 1.54) is 12.3 Å². The van der Waals surface area contributed by atoms with Gasteiger partial charge in [-0.3, -0.25) is 34.2 Å². The maximum Gasteiger partial charge on any atom is 0.264 e. The lowest BCUT2D eigenvalue weighted by molar-refractivity contribution is -0.136. The van der Waals surface area contributed by atoms with Gasteiger partial charge in [-0.05, 0) is 83.3 Å². The highest BCUT2D eigenvalue weighted by atomic mass is 35.5. The number of nitrogens with zero attached hydrogens (tertiary/aromatic N) is 4. The van der Waals surface area contributed by atoms with Crippen LogP contribution in [0.5, 0.6) is 0 Å². The first-order valence-corrected chi connectivity index (χ1v) is 21.7. The summed E-state index contributed by atoms with van der Waals surface area (Å²) in [5, 5.41) is 14.3. The van der Waals surface area contributed by atoms with Crippen molar-refractivity contribution < 1.29 is 32.4 Å². The number of anilines is 4. The van der Waals surface area contributed by atoms with E-state index in [1.807, 2.05) is 0 Å². The largest absolute Gasteiger partial charge is 0.375 e. The Morgan fingerprint density at radius 2 is 1.72 bits per heavy atom. The van der Waals surface area contributed by atoms with Crippen LogP contribution in [0.2, 0.25) is 5.02 Å². The molecule has 3 aliphatic rings. The van der Waals surface area contributed by atoms with Gasteiger partial charge in [0.25, 0.3) is 11.8 Å². The van der Waals surface area contributed by atoms with Crippen LogP contribution in [0.3, 0.4) is 0 Å². The molecule has 0 saturated carbocycles. The van der Waals surface area contributed by atoms with E-state index in [0.717, 1.165) is 69.5 Å². The number of likely N-dealkylation sites (tertiary alicyclic amines) is 1. The molecule has 1 aromatic heterocycles. The normalized spacial score (nSPS) is 18.6. The van der Waals surface area contributed by atoms with Gasteiger partial charge in [-0.15, -0.1) is 0 Å². The molecule has 5 N–H and O–H groups in total. The lowest BCUT2D eigenvalue weighted by atomic mass is 10.0. The van der Waals surface area contributed by atoms with Gasteiger partial charge >= 0.3 is 0 Å². The standard InChI is InChI=1S/C40H50ClN9O7S/c1-25(2)58(56,57)32-16-7-6-14-29(32)46-36-28(41)22-44-40(48-36)45-26-12-11-21-49(24-26)20-9-5-3-4-8-19-42-34(52)23-43-30-15-10-13-27-35(30)39(55)50(38(27)54)31-17-18-33(51)47-37(31)53/h6-7,10,13-16,22,25-26,31,43H,3-5,8-9,11-12,17-21,23-24H2,1-2H3,(H,42,52)(H,47,51,53)(H2,44,45,46,48)/t26-,31?/m1/s1. The van der Waals surface area contributed by atoms with Crippen LogP contribution >= 0.6 is 11.6 Å². The van der Waals surface area contributed by atoms with Gasteiger partial charge in [-0.2, -0.15) is 4.98 Å². The number of aromatic nitrogens is 2. The minimum absolute atomic E-state index is 0.0344. The Labute approximate surface area is 343 Å². The van der Waals surface area contributed by atoms with Crippen molar-refractivity contribution in [2.45, 2.75) is 93.9 Å². The molecule has 1 unspecified atom stereocenters. The summed E-state index contributed by atoms with van der Waals surface area (Å²) in [6, 6.07) is 10.5. The van der Waals surface area contributed by atoms with Gasteiger partial charge in [0.2, 0.25) is 23.7 Å². The molecule has 2 aromatic carbocycles. The molecule has 0 radical (unpaired) electrons. The van der Waals surface area contributed by atoms with Crippen molar-refractivity contribution in [3.63, 3.8) is 0 Å². The van der Waals surface area contributed by atoms with Crippen LogP contribution in [0.4, 0.5) is 23.1 Å². The minimum Gasteiger partial charge on any atom is -0.375 e. The molecule has 18 heteroatoms. The van der Waals surface area contributed by atoms with Crippen molar-refractivity contribution in [1.29, 1.82) is 0 Å². The Hall–Kier alpha value is -5.13. The van der Waals surface area contributed by atoms with Crippen LogP contribution in [0, 0.1) is 0 Å². The highest BCUT2D eigenvalue weighted by Gasteiger charge is 2.45. The summed E-state index contributed by atoms with van der Waals surface area (Å²) in [5.74, 6) is -1.86. The number of hydrogen-bond acceptors (Lipinski definition) is 13. The summed E-state index contributed by atoms with van der Waals surface area (Å²) in [7, 11) is -3.54. The summed E-state index contributed by atoms with van der Waals surface area (Å²) < 4.78 is 25.9. The molecule has 3 aliphatic heterocycles. The molecule has 5 amide bonds. The molecule has 4 heterocycles. The number of nitrogens with one attached hydrogen (secondary N) is 5. The predicted octanol–water partition coefficient (Wildman–Crippen LogP) is 4.51. The second kappa shape index (κ2) is 19.1. The van der Waals surface area contributed by atoms with Crippen LogP contribution in [-0.2, 0) is 24.2 Å². The highest BCUT2D eigenvalue weighted by molar-refractivity contribution is 7.92. The minimum atomic E-state index is -3.54. The monoisotopic (exact) mass is 835 g/mol. The van der Waals surface area contributed by atoms with Crippen molar-refractivity contribution in [1.82, 2.24) is 30.4 Å².